The number of hydrogen-bond acceptors (Lipinski definition) is 5. The standard InChI is InChI=1S/C31H27BrClN3O4/c1-2-39-28-17-23(16-27(32)30(28)40-20-22-9-6-10-25(33)15-22)19-34-36-31(38)24-11-13-26(14-12-24)35-29(37)18-21-7-4-3-5-8-21/h3-17,19H,2,18,20H2,1H3,(H,35,37)(H,36,38)/b34-19+. The quantitative estimate of drug-likeness (QED) is 0.139. The largest absolute Gasteiger partial charge is 0.490 e. The van der Waals surface area contributed by atoms with Crippen LogP contribution >= 0.6 is 27.5 Å². The normalized spacial score (nSPS) is 10.8. The molecule has 0 spiro atoms. The van der Waals surface area contributed by atoms with E-state index < -0.39 is 0 Å². The Morgan fingerprint density at radius 1 is 0.925 bits per heavy atom. The number of amides is 2. The van der Waals surface area contributed by atoms with E-state index in [0.717, 1.165) is 11.1 Å². The number of carbonyl (C=O) groups excluding carboxylic acids is 2. The zero-order valence-corrected chi connectivity index (χ0v) is 24.0. The van der Waals surface area contributed by atoms with Crippen molar-refractivity contribution in [3.05, 3.63) is 123 Å². The van der Waals surface area contributed by atoms with Gasteiger partial charge in [0.05, 0.1) is 23.7 Å². The van der Waals surface area contributed by atoms with Crippen molar-refractivity contribution >= 4 is 51.2 Å². The third-order valence-electron chi connectivity index (χ3n) is 5.62. The smallest absolute Gasteiger partial charge is 0.271 e. The number of carbonyl (C=O) groups is 2. The van der Waals surface area contributed by atoms with Gasteiger partial charge in [-0.25, -0.2) is 5.43 Å². The van der Waals surface area contributed by atoms with Gasteiger partial charge in [-0.05, 0) is 88.1 Å². The van der Waals surface area contributed by atoms with E-state index in [9.17, 15) is 9.59 Å². The van der Waals surface area contributed by atoms with Crippen molar-refractivity contribution in [3.8, 4) is 11.5 Å². The van der Waals surface area contributed by atoms with Crippen LogP contribution in [0.1, 0.15) is 34.0 Å². The van der Waals surface area contributed by atoms with Gasteiger partial charge in [-0.3, -0.25) is 9.59 Å². The van der Waals surface area contributed by atoms with Gasteiger partial charge in [0.1, 0.15) is 6.61 Å². The van der Waals surface area contributed by atoms with E-state index >= 15 is 0 Å². The lowest BCUT2D eigenvalue weighted by molar-refractivity contribution is -0.115. The van der Waals surface area contributed by atoms with Crippen molar-refractivity contribution in [2.45, 2.75) is 20.0 Å². The van der Waals surface area contributed by atoms with Crippen LogP contribution < -0.4 is 20.2 Å². The molecule has 4 aromatic rings. The molecule has 0 aliphatic heterocycles. The molecule has 0 saturated heterocycles. The van der Waals surface area contributed by atoms with Crippen LogP contribution in [0.2, 0.25) is 5.02 Å². The average Bonchev–Trinajstić information content (AvgIpc) is 2.93. The first-order valence-electron chi connectivity index (χ1n) is 12.5. The van der Waals surface area contributed by atoms with Crippen LogP contribution in [-0.2, 0) is 17.8 Å². The molecule has 4 rings (SSSR count). The Bertz CT molecular complexity index is 1490. The summed E-state index contributed by atoms with van der Waals surface area (Å²) in [5.74, 6) is 0.575. The molecule has 204 valence electrons. The molecule has 0 radical (unpaired) electrons. The summed E-state index contributed by atoms with van der Waals surface area (Å²) in [6.07, 6.45) is 1.79. The zero-order valence-electron chi connectivity index (χ0n) is 21.7. The van der Waals surface area contributed by atoms with Gasteiger partial charge in [0.2, 0.25) is 5.91 Å². The highest BCUT2D eigenvalue weighted by Crippen LogP contribution is 2.37. The van der Waals surface area contributed by atoms with E-state index in [0.29, 0.717) is 51.0 Å². The van der Waals surface area contributed by atoms with Crippen molar-refractivity contribution in [2.24, 2.45) is 5.10 Å². The highest BCUT2D eigenvalue weighted by molar-refractivity contribution is 9.10. The summed E-state index contributed by atoms with van der Waals surface area (Å²) in [6.45, 7) is 2.65. The number of rotatable bonds is 11. The Labute approximate surface area is 246 Å². The predicted octanol–water partition coefficient (Wildman–Crippen LogP) is 7.03. The third kappa shape index (κ3) is 8.43. The van der Waals surface area contributed by atoms with Crippen molar-refractivity contribution in [2.75, 3.05) is 11.9 Å². The van der Waals surface area contributed by atoms with E-state index in [1.54, 1.807) is 30.3 Å². The Kier molecular flexibility index (Phi) is 10.3. The minimum Gasteiger partial charge on any atom is -0.490 e. The lowest BCUT2D eigenvalue weighted by Crippen LogP contribution is -2.18. The van der Waals surface area contributed by atoms with Crippen LogP contribution in [0.3, 0.4) is 0 Å². The Morgan fingerprint density at radius 2 is 1.68 bits per heavy atom. The summed E-state index contributed by atoms with van der Waals surface area (Å²) in [4.78, 5) is 24.8. The number of hydrogen-bond donors (Lipinski definition) is 2. The summed E-state index contributed by atoms with van der Waals surface area (Å²) in [6, 6.07) is 27.1. The van der Waals surface area contributed by atoms with Crippen LogP contribution in [0, 0.1) is 0 Å². The van der Waals surface area contributed by atoms with Gasteiger partial charge in [-0.2, -0.15) is 5.10 Å². The number of halogens is 2. The molecule has 0 saturated carbocycles. The second-order valence-electron chi connectivity index (χ2n) is 8.67. The molecule has 0 aliphatic rings. The number of hydrazone groups is 1. The first-order chi connectivity index (χ1) is 19.4. The van der Waals surface area contributed by atoms with Gasteiger partial charge in [0, 0.05) is 16.3 Å². The van der Waals surface area contributed by atoms with Gasteiger partial charge < -0.3 is 14.8 Å². The molecule has 9 heteroatoms. The van der Waals surface area contributed by atoms with E-state index in [2.05, 4.69) is 31.8 Å². The van der Waals surface area contributed by atoms with Crippen LogP contribution in [0.4, 0.5) is 5.69 Å². The van der Waals surface area contributed by atoms with Crippen LogP contribution in [0.15, 0.2) is 101 Å². The van der Waals surface area contributed by atoms with Crippen LogP contribution in [0.25, 0.3) is 0 Å². The Hall–Kier alpha value is -4.14. The zero-order chi connectivity index (χ0) is 28.3. The minimum absolute atomic E-state index is 0.133. The van der Waals surface area contributed by atoms with E-state index in [4.69, 9.17) is 21.1 Å². The number of nitrogens with one attached hydrogen (secondary N) is 2. The highest BCUT2D eigenvalue weighted by Gasteiger charge is 2.13. The minimum atomic E-state index is -0.385. The SMILES string of the molecule is CCOc1cc(/C=N/NC(=O)c2ccc(NC(=O)Cc3ccccc3)cc2)cc(Br)c1OCc1cccc(Cl)c1. The number of ether oxygens (including phenoxy) is 2. The maximum Gasteiger partial charge on any atom is 0.271 e. The van der Waals surface area contributed by atoms with Gasteiger partial charge in [0.25, 0.3) is 5.91 Å². The van der Waals surface area contributed by atoms with Crippen molar-refractivity contribution < 1.29 is 19.1 Å². The summed E-state index contributed by atoms with van der Waals surface area (Å²) >= 11 is 9.62. The number of nitrogens with zero attached hydrogens (tertiary/aromatic N) is 1. The fraction of sp³-hybridized carbons (Fsp3) is 0.129. The van der Waals surface area contributed by atoms with Gasteiger partial charge in [-0.1, -0.05) is 54.1 Å². The first-order valence-corrected chi connectivity index (χ1v) is 13.7. The highest BCUT2D eigenvalue weighted by atomic mass is 79.9. The first kappa shape index (κ1) is 28.9. The summed E-state index contributed by atoms with van der Waals surface area (Å²) in [5.41, 5.74) is 6.08. The fourth-order valence-electron chi connectivity index (χ4n) is 3.77. The number of anilines is 1. The molecule has 0 unspecified atom stereocenters. The average molecular weight is 621 g/mol. The lowest BCUT2D eigenvalue weighted by atomic mass is 10.1. The number of benzene rings is 4. The van der Waals surface area contributed by atoms with Crippen molar-refractivity contribution in [1.82, 2.24) is 5.43 Å². The lowest BCUT2D eigenvalue weighted by Gasteiger charge is -2.15. The second kappa shape index (κ2) is 14.3. The maximum atomic E-state index is 12.6. The molecule has 0 aliphatic carbocycles. The molecule has 2 N–H and O–H groups in total. The third-order valence-corrected chi connectivity index (χ3v) is 6.45. The second-order valence-corrected chi connectivity index (χ2v) is 9.96. The van der Waals surface area contributed by atoms with Crippen LogP contribution in [-0.4, -0.2) is 24.6 Å². The molecule has 0 aromatic heterocycles. The molecule has 0 bridgehead atoms. The van der Waals surface area contributed by atoms with Crippen molar-refractivity contribution in [3.63, 3.8) is 0 Å². The molecule has 40 heavy (non-hydrogen) atoms. The van der Waals surface area contributed by atoms with E-state index in [1.807, 2.05) is 67.6 Å². The summed E-state index contributed by atoms with van der Waals surface area (Å²) < 4.78 is 12.5. The summed E-state index contributed by atoms with van der Waals surface area (Å²) in [7, 11) is 0. The van der Waals surface area contributed by atoms with Crippen molar-refractivity contribution in [1.29, 1.82) is 0 Å². The topological polar surface area (TPSA) is 89.0 Å². The monoisotopic (exact) mass is 619 g/mol. The molecule has 2 amide bonds. The molecule has 0 heterocycles. The summed E-state index contributed by atoms with van der Waals surface area (Å²) in [5, 5.41) is 7.56. The molecular formula is C31H27BrClN3O4. The van der Waals surface area contributed by atoms with E-state index in [-0.39, 0.29) is 18.2 Å². The van der Waals surface area contributed by atoms with Crippen LogP contribution in [0.5, 0.6) is 11.5 Å². The molecular weight excluding hydrogens is 594 g/mol. The molecule has 0 atom stereocenters. The maximum absolute atomic E-state index is 12.6. The fourth-order valence-corrected chi connectivity index (χ4v) is 4.56. The molecule has 0 fully saturated rings. The van der Waals surface area contributed by atoms with Gasteiger partial charge in [-0.15, -0.1) is 0 Å². The molecule has 4 aromatic carbocycles. The Balaban J connectivity index is 1.34. The van der Waals surface area contributed by atoms with Gasteiger partial charge in [0.15, 0.2) is 11.5 Å². The predicted molar refractivity (Wildman–Crippen MR) is 161 cm³/mol. The molecule has 7 nitrogen and oxygen atoms in total. The van der Waals surface area contributed by atoms with Gasteiger partial charge >= 0.3 is 0 Å². The Morgan fingerprint density at radius 3 is 2.40 bits per heavy atom. The van der Waals surface area contributed by atoms with E-state index in [1.165, 1.54) is 6.21 Å².